The van der Waals surface area contributed by atoms with Gasteiger partial charge in [-0.2, -0.15) is 0 Å². The van der Waals surface area contributed by atoms with Crippen molar-refractivity contribution in [1.82, 2.24) is 0 Å². The molecule has 11 heavy (non-hydrogen) atoms. The van der Waals surface area contributed by atoms with Gasteiger partial charge in [0.05, 0.1) is 6.42 Å². The summed E-state index contributed by atoms with van der Waals surface area (Å²) >= 11 is 0. The Bertz CT molecular complexity index is 239. The molecule has 1 aliphatic rings. The molecule has 0 nitrogen and oxygen atoms in total. The van der Waals surface area contributed by atoms with Crippen LogP contribution in [-0.2, 0) is 0 Å². The quantitative estimate of drug-likeness (QED) is 0.489. The molecule has 0 aromatic rings. The van der Waals surface area contributed by atoms with E-state index in [0.29, 0.717) is 0 Å². The third-order valence-electron chi connectivity index (χ3n) is 1.15. The molecule has 1 radical (unpaired) electrons. The highest BCUT2D eigenvalue weighted by Crippen LogP contribution is 2.34. The molecule has 0 unspecified atom stereocenters. The zero-order valence-electron chi connectivity index (χ0n) is 5.04. The summed E-state index contributed by atoms with van der Waals surface area (Å²) in [5.41, 5.74) is 0. The van der Waals surface area contributed by atoms with E-state index in [4.69, 9.17) is 0 Å². The number of alkyl halides is 1. The van der Waals surface area contributed by atoms with E-state index in [2.05, 4.69) is 0 Å². The highest BCUT2D eigenvalue weighted by Gasteiger charge is 2.31. The molecule has 0 amide bonds. The molecule has 0 spiro atoms. The molecule has 5 heteroatoms. The normalized spacial score (nSPS) is 26.5. The topological polar surface area (TPSA) is 0 Å². The molecule has 0 bridgehead atoms. The molecule has 1 atom stereocenters. The fourth-order valence-corrected chi connectivity index (χ4v) is 0.606. The first kappa shape index (κ1) is 8.23. The largest absolute Gasteiger partial charge is 0.239 e. The fraction of sp³-hybridized carbons (Fsp3) is 0.167. The van der Waals surface area contributed by atoms with E-state index in [1.54, 1.807) is 0 Å². The van der Waals surface area contributed by atoms with Gasteiger partial charge < -0.3 is 0 Å². The van der Waals surface area contributed by atoms with Gasteiger partial charge in [-0.1, -0.05) is 0 Å². The van der Waals surface area contributed by atoms with Gasteiger partial charge in [-0.25, -0.2) is 22.0 Å². The summed E-state index contributed by atoms with van der Waals surface area (Å²) in [6.07, 6.45) is -2.50. The highest BCUT2D eigenvalue weighted by molar-refractivity contribution is 5.37. The zero-order chi connectivity index (χ0) is 8.59. The third kappa shape index (κ3) is 1.27. The molecule has 0 aliphatic heterocycles. The summed E-state index contributed by atoms with van der Waals surface area (Å²) in [6.45, 7) is 0. The zero-order valence-corrected chi connectivity index (χ0v) is 5.04. The van der Waals surface area contributed by atoms with Crippen LogP contribution in [-0.4, -0.2) is 6.17 Å². The van der Waals surface area contributed by atoms with Crippen LogP contribution in [0.4, 0.5) is 22.0 Å². The SMILES string of the molecule is FC1=C(F)C(F)=C(F)[C@@H](F)[CH]1. The predicted octanol–water partition coefficient (Wildman–Crippen LogP) is 2.84. The summed E-state index contributed by atoms with van der Waals surface area (Å²) in [5.74, 6) is -7.73. The second kappa shape index (κ2) is 2.64. The molecule has 0 saturated carbocycles. The molecular weight excluding hydrogens is 167 g/mol. The van der Waals surface area contributed by atoms with E-state index in [1.165, 1.54) is 0 Å². The van der Waals surface area contributed by atoms with Gasteiger partial charge in [0.15, 0.2) is 23.7 Å². The van der Waals surface area contributed by atoms with Crippen molar-refractivity contribution in [2.24, 2.45) is 0 Å². The third-order valence-corrected chi connectivity index (χ3v) is 1.15. The minimum absolute atomic E-state index is 0.0216. The van der Waals surface area contributed by atoms with Crippen LogP contribution >= 0.6 is 0 Å². The van der Waals surface area contributed by atoms with E-state index >= 15 is 0 Å². The summed E-state index contributed by atoms with van der Waals surface area (Å²) in [6, 6.07) is 0. The standard InChI is InChI=1S/C6H2F5/c7-2-1-3(8)5(10)6(11)4(2)9/h1-2H/t2-/m0/s1. The van der Waals surface area contributed by atoms with Crippen LogP contribution in [0.3, 0.4) is 0 Å². The van der Waals surface area contributed by atoms with Gasteiger partial charge in [0.25, 0.3) is 0 Å². The lowest BCUT2D eigenvalue weighted by atomic mass is 10.1. The van der Waals surface area contributed by atoms with Crippen molar-refractivity contribution in [2.45, 2.75) is 6.17 Å². The monoisotopic (exact) mass is 169 g/mol. The Morgan fingerprint density at radius 3 is 2.09 bits per heavy atom. The maximum atomic E-state index is 12.1. The average molecular weight is 169 g/mol. The molecule has 0 N–H and O–H groups in total. The maximum Gasteiger partial charge on any atom is 0.195 e. The van der Waals surface area contributed by atoms with E-state index in [1.807, 2.05) is 0 Å². The molecule has 1 rings (SSSR count). The van der Waals surface area contributed by atoms with Crippen LogP contribution in [0, 0.1) is 6.42 Å². The van der Waals surface area contributed by atoms with Crippen LogP contribution in [0.2, 0.25) is 0 Å². The minimum Gasteiger partial charge on any atom is -0.239 e. The lowest BCUT2D eigenvalue weighted by Crippen LogP contribution is -2.10. The Hall–Kier alpha value is -0.870. The van der Waals surface area contributed by atoms with Crippen LogP contribution in [0.25, 0.3) is 0 Å². The van der Waals surface area contributed by atoms with Gasteiger partial charge in [0.1, 0.15) is 5.83 Å². The van der Waals surface area contributed by atoms with Crippen LogP contribution < -0.4 is 0 Å². The predicted molar refractivity (Wildman–Crippen MR) is 27.7 cm³/mol. The van der Waals surface area contributed by atoms with Crippen molar-refractivity contribution in [3.05, 3.63) is 29.7 Å². The molecular formula is C6H2F5. The Morgan fingerprint density at radius 1 is 1.00 bits per heavy atom. The van der Waals surface area contributed by atoms with E-state index < -0.39 is 29.5 Å². The molecule has 0 aromatic heterocycles. The van der Waals surface area contributed by atoms with Crippen molar-refractivity contribution >= 4 is 0 Å². The average Bonchev–Trinajstić information content (AvgIpc) is 1.97. The number of halogens is 5. The summed E-state index contributed by atoms with van der Waals surface area (Å²) in [5, 5.41) is 0. The summed E-state index contributed by atoms with van der Waals surface area (Å²) in [7, 11) is 0. The first-order chi connectivity index (χ1) is 5.04. The first-order valence-corrected chi connectivity index (χ1v) is 2.63. The van der Waals surface area contributed by atoms with E-state index in [-0.39, 0.29) is 6.42 Å². The molecule has 61 valence electrons. The summed E-state index contributed by atoms with van der Waals surface area (Å²) < 4.78 is 60.2. The van der Waals surface area contributed by atoms with Crippen LogP contribution in [0.15, 0.2) is 23.3 Å². The van der Waals surface area contributed by atoms with Gasteiger partial charge in [-0.05, 0) is 0 Å². The van der Waals surface area contributed by atoms with Crippen molar-refractivity contribution in [3.63, 3.8) is 0 Å². The molecule has 0 fully saturated rings. The lowest BCUT2D eigenvalue weighted by Gasteiger charge is -2.10. The number of hydrogen-bond donors (Lipinski definition) is 0. The van der Waals surface area contributed by atoms with Gasteiger partial charge in [0.2, 0.25) is 0 Å². The van der Waals surface area contributed by atoms with Gasteiger partial charge in [0, 0.05) is 0 Å². The lowest BCUT2D eigenvalue weighted by molar-refractivity contribution is 0.318. The van der Waals surface area contributed by atoms with Crippen molar-refractivity contribution in [1.29, 1.82) is 0 Å². The summed E-state index contributed by atoms with van der Waals surface area (Å²) in [4.78, 5) is 0. The molecule has 1 aliphatic carbocycles. The number of allylic oxidation sites excluding steroid dienone is 4. The number of rotatable bonds is 0. The Labute approximate surface area is 59.0 Å². The van der Waals surface area contributed by atoms with E-state index in [0.717, 1.165) is 0 Å². The minimum atomic E-state index is -2.52. The van der Waals surface area contributed by atoms with Crippen molar-refractivity contribution in [3.8, 4) is 0 Å². The maximum absolute atomic E-state index is 12.1. The Morgan fingerprint density at radius 2 is 1.55 bits per heavy atom. The van der Waals surface area contributed by atoms with Crippen LogP contribution in [0.5, 0.6) is 0 Å². The van der Waals surface area contributed by atoms with Gasteiger partial charge >= 0.3 is 0 Å². The highest BCUT2D eigenvalue weighted by atomic mass is 19.2. The fourth-order valence-electron chi connectivity index (χ4n) is 0.606. The smallest absolute Gasteiger partial charge is 0.195 e. The molecule has 0 saturated heterocycles. The second-order valence-electron chi connectivity index (χ2n) is 1.89. The van der Waals surface area contributed by atoms with Crippen molar-refractivity contribution in [2.75, 3.05) is 0 Å². The van der Waals surface area contributed by atoms with Gasteiger partial charge in [-0.3, -0.25) is 0 Å². The Balaban J connectivity index is 3.07. The Kier molecular flexibility index (Phi) is 1.97. The first-order valence-electron chi connectivity index (χ1n) is 2.63. The van der Waals surface area contributed by atoms with Crippen LogP contribution in [0.1, 0.15) is 0 Å². The molecule has 0 heterocycles. The molecule has 0 aromatic carbocycles. The number of hydrogen-bond acceptors (Lipinski definition) is 0. The second-order valence-corrected chi connectivity index (χ2v) is 1.89. The van der Waals surface area contributed by atoms with Gasteiger partial charge in [-0.15, -0.1) is 0 Å². The van der Waals surface area contributed by atoms with Crippen molar-refractivity contribution < 1.29 is 22.0 Å². The van der Waals surface area contributed by atoms with E-state index in [9.17, 15) is 22.0 Å².